The predicted molar refractivity (Wildman–Crippen MR) is 111 cm³/mol. The second kappa shape index (κ2) is 10.3. The Balaban J connectivity index is 1.36. The molecule has 2 heterocycles. The number of guanidine groups is 1. The summed E-state index contributed by atoms with van der Waals surface area (Å²) >= 11 is 1.79. The summed E-state index contributed by atoms with van der Waals surface area (Å²) < 4.78 is 0. The second-order valence-corrected chi connectivity index (χ2v) is 8.81. The van der Waals surface area contributed by atoms with E-state index >= 15 is 0 Å². The van der Waals surface area contributed by atoms with Gasteiger partial charge >= 0.3 is 0 Å². The summed E-state index contributed by atoms with van der Waals surface area (Å²) in [5.74, 6) is 1.33. The maximum Gasteiger partial charge on any atom is 0.188 e. The van der Waals surface area contributed by atoms with Crippen LogP contribution >= 0.6 is 11.3 Å². The molecule has 5 nitrogen and oxygen atoms in total. The van der Waals surface area contributed by atoms with Crippen LogP contribution in [0.25, 0.3) is 0 Å². The van der Waals surface area contributed by atoms with Gasteiger partial charge in [-0.05, 0) is 51.1 Å². The van der Waals surface area contributed by atoms with Gasteiger partial charge in [0.15, 0.2) is 5.96 Å². The van der Waals surface area contributed by atoms with Crippen LogP contribution in [0.15, 0.2) is 10.4 Å². The van der Waals surface area contributed by atoms with E-state index in [0.717, 1.165) is 32.6 Å². The molecule has 2 aliphatic rings. The summed E-state index contributed by atoms with van der Waals surface area (Å²) in [5, 5.41) is 6.93. The van der Waals surface area contributed by atoms with Gasteiger partial charge in [-0.25, -0.2) is 4.98 Å². The lowest BCUT2D eigenvalue weighted by Crippen LogP contribution is -2.40. The molecule has 6 heteroatoms. The molecule has 3 N–H and O–H groups in total. The minimum absolute atomic E-state index is 0.536. The first-order chi connectivity index (χ1) is 12.7. The molecule has 1 aromatic heterocycles. The fourth-order valence-electron chi connectivity index (χ4n) is 4.05. The van der Waals surface area contributed by atoms with Gasteiger partial charge in [-0.15, -0.1) is 11.3 Å². The molecule has 0 atom stereocenters. The van der Waals surface area contributed by atoms with E-state index in [0.29, 0.717) is 17.9 Å². The number of nitrogens with two attached hydrogens (primary N) is 1. The molecule has 1 saturated heterocycles. The van der Waals surface area contributed by atoms with Gasteiger partial charge in [0, 0.05) is 24.5 Å². The van der Waals surface area contributed by atoms with E-state index in [1.807, 2.05) is 0 Å². The first-order valence-electron chi connectivity index (χ1n) is 10.4. The van der Waals surface area contributed by atoms with E-state index in [-0.39, 0.29) is 0 Å². The van der Waals surface area contributed by atoms with E-state index in [1.165, 1.54) is 62.1 Å². The van der Waals surface area contributed by atoms with Crippen molar-refractivity contribution in [3.05, 3.63) is 16.1 Å². The minimum atomic E-state index is 0.536. The molecular weight excluding hydrogens is 342 g/mol. The van der Waals surface area contributed by atoms with Crippen molar-refractivity contribution in [2.45, 2.75) is 77.3 Å². The maximum absolute atomic E-state index is 6.14. The first-order valence-corrected chi connectivity index (χ1v) is 11.3. The van der Waals surface area contributed by atoms with Crippen molar-refractivity contribution in [2.75, 3.05) is 19.6 Å². The second-order valence-electron chi connectivity index (χ2n) is 7.86. The summed E-state index contributed by atoms with van der Waals surface area (Å²) in [5.41, 5.74) is 7.38. The lowest BCUT2D eigenvalue weighted by Gasteiger charge is -2.30. The Kier molecular flexibility index (Phi) is 7.74. The topological polar surface area (TPSA) is 66.5 Å². The zero-order valence-electron chi connectivity index (χ0n) is 16.3. The van der Waals surface area contributed by atoms with E-state index < -0.39 is 0 Å². The maximum atomic E-state index is 6.14. The van der Waals surface area contributed by atoms with Crippen molar-refractivity contribution in [1.29, 1.82) is 0 Å². The van der Waals surface area contributed by atoms with Gasteiger partial charge in [-0.1, -0.05) is 32.6 Å². The van der Waals surface area contributed by atoms with Gasteiger partial charge in [0.25, 0.3) is 0 Å². The lowest BCUT2D eigenvalue weighted by molar-refractivity contribution is 0.179. The first kappa shape index (κ1) is 19.6. The van der Waals surface area contributed by atoms with Gasteiger partial charge < -0.3 is 11.1 Å². The molecule has 0 spiro atoms. The molecule has 1 aromatic rings. The molecule has 1 aliphatic carbocycles. The largest absolute Gasteiger partial charge is 0.370 e. The number of nitrogens with one attached hydrogen (secondary N) is 1. The number of nitrogens with zero attached hydrogens (tertiary/aromatic N) is 3. The quantitative estimate of drug-likeness (QED) is 0.452. The standard InChI is InChI=1S/C20H35N5S/c1-2-19-23-18(15-26-19)14-25-11-9-16(10-12-25)13-22-20(21)24-17-7-5-3-4-6-8-17/h15-17H,2-14H2,1H3,(H3,21,22,24). The number of aromatic nitrogens is 1. The number of rotatable bonds is 6. The molecule has 0 amide bonds. The van der Waals surface area contributed by atoms with E-state index in [2.05, 4.69) is 27.5 Å². The molecule has 0 bridgehead atoms. The lowest BCUT2D eigenvalue weighted by atomic mass is 9.97. The Morgan fingerprint density at radius 1 is 1.23 bits per heavy atom. The number of likely N-dealkylation sites (tertiary alicyclic amines) is 1. The fraction of sp³-hybridized carbons (Fsp3) is 0.800. The summed E-state index contributed by atoms with van der Waals surface area (Å²) in [4.78, 5) is 11.9. The zero-order valence-corrected chi connectivity index (χ0v) is 17.1. The Morgan fingerprint density at radius 2 is 1.96 bits per heavy atom. The van der Waals surface area contributed by atoms with Crippen molar-refractivity contribution in [2.24, 2.45) is 16.6 Å². The number of aliphatic imine (C=N–C) groups is 1. The molecule has 2 fully saturated rings. The van der Waals surface area contributed by atoms with Crippen molar-refractivity contribution in [1.82, 2.24) is 15.2 Å². The van der Waals surface area contributed by atoms with Crippen LogP contribution in [-0.2, 0) is 13.0 Å². The summed E-state index contributed by atoms with van der Waals surface area (Å²) in [6.45, 7) is 6.34. The number of hydrogen-bond acceptors (Lipinski definition) is 4. The molecule has 3 rings (SSSR count). The smallest absolute Gasteiger partial charge is 0.188 e. The van der Waals surface area contributed by atoms with E-state index in [9.17, 15) is 0 Å². The number of aryl methyl sites for hydroxylation is 1. The Hall–Kier alpha value is -1.14. The molecular formula is C20H35N5S. The van der Waals surface area contributed by atoms with Crippen molar-refractivity contribution >= 4 is 17.3 Å². The number of piperidine rings is 1. The summed E-state index contributed by atoms with van der Waals surface area (Å²) in [6.07, 6.45) is 11.3. The molecule has 0 unspecified atom stereocenters. The van der Waals surface area contributed by atoms with Gasteiger partial charge in [0.1, 0.15) is 0 Å². The fourth-order valence-corrected chi connectivity index (χ4v) is 4.78. The third kappa shape index (κ3) is 6.23. The van der Waals surface area contributed by atoms with Crippen LogP contribution in [0.4, 0.5) is 0 Å². The molecule has 0 radical (unpaired) electrons. The third-order valence-corrected chi connectivity index (χ3v) is 6.76. The van der Waals surface area contributed by atoms with Crippen molar-refractivity contribution in [3.8, 4) is 0 Å². The third-order valence-electron chi connectivity index (χ3n) is 5.72. The highest BCUT2D eigenvalue weighted by atomic mass is 32.1. The van der Waals surface area contributed by atoms with Gasteiger partial charge in [-0.2, -0.15) is 0 Å². The zero-order chi connectivity index (χ0) is 18.2. The number of hydrogen-bond donors (Lipinski definition) is 2. The summed E-state index contributed by atoms with van der Waals surface area (Å²) in [6, 6.07) is 0.536. The predicted octanol–water partition coefficient (Wildman–Crippen LogP) is 3.54. The van der Waals surface area contributed by atoms with Crippen molar-refractivity contribution in [3.63, 3.8) is 0 Å². The van der Waals surface area contributed by atoms with Crippen LogP contribution in [0.2, 0.25) is 0 Å². The molecule has 1 aliphatic heterocycles. The van der Waals surface area contributed by atoms with Crippen LogP contribution in [-0.4, -0.2) is 41.5 Å². The van der Waals surface area contributed by atoms with Gasteiger partial charge in [-0.3, -0.25) is 9.89 Å². The Morgan fingerprint density at radius 3 is 2.62 bits per heavy atom. The van der Waals surface area contributed by atoms with E-state index in [1.54, 1.807) is 11.3 Å². The van der Waals surface area contributed by atoms with Crippen LogP contribution in [0.3, 0.4) is 0 Å². The van der Waals surface area contributed by atoms with E-state index in [4.69, 9.17) is 10.7 Å². The van der Waals surface area contributed by atoms with Crippen LogP contribution in [0.5, 0.6) is 0 Å². The summed E-state index contributed by atoms with van der Waals surface area (Å²) in [7, 11) is 0. The van der Waals surface area contributed by atoms with Gasteiger partial charge in [0.2, 0.25) is 0 Å². The van der Waals surface area contributed by atoms with Gasteiger partial charge in [0.05, 0.1) is 10.7 Å². The molecule has 146 valence electrons. The number of thiazole rings is 1. The molecule has 0 aromatic carbocycles. The van der Waals surface area contributed by atoms with Crippen molar-refractivity contribution < 1.29 is 0 Å². The highest BCUT2D eigenvalue weighted by molar-refractivity contribution is 7.09. The average molecular weight is 378 g/mol. The van der Waals surface area contributed by atoms with Crippen LogP contribution in [0.1, 0.15) is 69.0 Å². The average Bonchev–Trinajstić information content (AvgIpc) is 2.96. The molecule has 1 saturated carbocycles. The Bertz CT molecular complexity index is 554. The minimum Gasteiger partial charge on any atom is -0.370 e. The Labute approximate surface area is 162 Å². The van der Waals surface area contributed by atoms with Crippen LogP contribution in [0, 0.1) is 5.92 Å². The monoisotopic (exact) mass is 377 g/mol. The molecule has 26 heavy (non-hydrogen) atoms. The highest BCUT2D eigenvalue weighted by Crippen LogP contribution is 2.21. The SMILES string of the molecule is CCc1nc(CN2CCC(CN=C(N)NC3CCCCCC3)CC2)cs1. The van der Waals surface area contributed by atoms with Crippen LogP contribution < -0.4 is 11.1 Å². The normalized spacial score (nSPS) is 21.7. The highest BCUT2D eigenvalue weighted by Gasteiger charge is 2.20.